The molecule has 1 unspecified atom stereocenters. The molecule has 2 aliphatic carbocycles. The maximum absolute atomic E-state index is 12.8. The van der Waals surface area contributed by atoms with Crippen LogP contribution in [0.3, 0.4) is 0 Å². The number of nitrogens with zero attached hydrogens (tertiary/aromatic N) is 1. The summed E-state index contributed by atoms with van der Waals surface area (Å²) in [6.07, 6.45) is 2.39. The first kappa shape index (κ1) is 14.5. The van der Waals surface area contributed by atoms with E-state index in [9.17, 15) is 4.79 Å². The second-order valence-corrected chi connectivity index (χ2v) is 8.98. The number of likely N-dealkylation sites (tertiary alicyclic amines) is 1. The topological polar surface area (TPSA) is 38.8 Å². The lowest BCUT2D eigenvalue weighted by atomic mass is 9.51. The fourth-order valence-electron chi connectivity index (χ4n) is 5.68. The van der Waals surface area contributed by atoms with E-state index in [2.05, 4.69) is 40.6 Å². The van der Waals surface area contributed by atoms with Gasteiger partial charge in [-0.15, -0.1) is 0 Å². The predicted octanol–water partition coefficient (Wildman–Crippen LogP) is 2.35. The van der Waals surface area contributed by atoms with Gasteiger partial charge in [-0.25, -0.2) is 0 Å². The van der Waals surface area contributed by atoms with E-state index in [4.69, 9.17) is 9.47 Å². The average Bonchev–Trinajstić information content (AvgIpc) is 2.88. The third kappa shape index (κ3) is 1.58. The molecule has 0 radical (unpaired) electrons. The summed E-state index contributed by atoms with van der Waals surface area (Å²) < 4.78 is 12.2. The van der Waals surface area contributed by atoms with Crippen LogP contribution < -0.4 is 9.47 Å². The van der Waals surface area contributed by atoms with Gasteiger partial charge in [0, 0.05) is 27.9 Å². The Morgan fingerprint density at radius 1 is 1.39 bits per heavy atom. The highest BCUT2D eigenvalue weighted by Crippen LogP contribution is 2.63. The number of hydrogen-bond acceptors (Lipinski definition) is 4. The van der Waals surface area contributed by atoms with Crippen molar-refractivity contribution in [1.82, 2.24) is 4.90 Å². The highest BCUT2D eigenvalue weighted by Gasteiger charge is 2.67. The third-order valence-electron chi connectivity index (χ3n) is 6.56. The number of carbonyl (C=O) groups is 1. The van der Waals surface area contributed by atoms with Crippen molar-refractivity contribution in [2.24, 2.45) is 5.92 Å². The van der Waals surface area contributed by atoms with Gasteiger partial charge in [0.2, 0.25) is 0 Å². The van der Waals surface area contributed by atoms with Gasteiger partial charge < -0.3 is 14.4 Å². The van der Waals surface area contributed by atoms with E-state index in [-0.39, 0.29) is 17.3 Å². The van der Waals surface area contributed by atoms with Crippen LogP contribution in [0.4, 0.5) is 0 Å². The van der Waals surface area contributed by atoms with Gasteiger partial charge in [0.15, 0.2) is 23.4 Å². The molecule has 122 valence electrons. The van der Waals surface area contributed by atoms with Crippen LogP contribution in [0, 0.1) is 5.92 Å². The number of methoxy groups -OCH3 is 1. The number of halogens is 1. The van der Waals surface area contributed by atoms with E-state index in [1.54, 1.807) is 7.11 Å². The molecule has 5 atom stereocenters. The summed E-state index contributed by atoms with van der Waals surface area (Å²) in [6.45, 7) is 1.04. The number of ether oxygens (including phenoxy) is 2. The molecule has 2 heterocycles. The summed E-state index contributed by atoms with van der Waals surface area (Å²) in [5.41, 5.74) is 2.52. The van der Waals surface area contributed by atoms with Crippen molar-refractivity contribution in [3.63, 3.8) is 0 Å². The Bertz CT molecular complexity index is 720. The van der Waals surface area contributed by atoms with Crippen LogP contribution >= 0.6 is 22.6 Å². The molecule has 2 fully saturated rings. The lowest BCUT2D eigenvalue weighted by Gasteiger charge is -2.58. The summed E-state index contributed by atoms with van der Waals surface area (Å²) in [6, 6.07) is 4.70. The maximum atomic E-state index is 12.8. The molecule has 4 nitrogen and oxygen atoms in total. The lowest BCUT2D eigenvalue weighted by molar-refractivity contribution is -0.137. The number of Topliss-reactive ketones (excluding diaryl/α,β-unsaturated/α-hetero) is 1. The number of piperidine rings is 1. The standard InChI is InChI=1S/C18H20INO3/c1-20-6-5-18-14-9-3-4-13(22-2)16(14)23-17(18)12(21)8-10(19)15(18)11(20)7-9/h3-4,10-11,15,17H,5-8H2,1-2H3/t10?,11-,15+,17+,18-/m1/s1. The summed E-state index contributed by atoms with van der Waals surface area (Å²) in [5, 5.41) is 0. The number of benzene rings is 1. The van der Waals surface area contributed by atoms with E-state index in [0.717, 1.165) is 30.9 Å². The van der Waals surface area contributed by atoms with Gasteiger partial charge in [-0.3, -0.25) is 4.79 Å². The molecule has 4 aliphatic rings. The first-order valence-corrected chi connectivity index (χ1v) is 9.56. The molecule has 1 spiro atoms. The van der Waals surface area contributed by atoms with Gasteiger partial charge in [0.1, 0.15) is 0 Å². The third-order valence-corrected chi connectivity index (χ3v) is 7.77. The van der Waals surface area contributed by atoms with E-state index < -0.39 is 0 Å². The molecule has 5 heteroatoms. The van der Waals surface area contributed by atoms with Crippen molar-refractivity contribution < 1.29 is 14.3 Å². The molecule has 0 aromatic heterocycles. The number of hydrogen-bond donors (Lipinski definition) is 0. The Kier molecular flexibility index (Phi) is 2.92. The molecule has 1 saturated carbocycles. The maximum Gasteiger partial charge on any atom is 0.175 e. The van der Waals surface area contributed by atoms with Gasteiger partial charge in [0.05, 0.1) is 12.5 Å². The van der Waals surface area contributed by atoms with Crippen molar-refractivity contribution in [2.75, 3.05) is 20.7 Å². The normalized spacial score (nSPS) is 40.6. The first-order valence-electron chi connectivity index (χ1n) is 8.32. The monoisotopic (exact) mass is 425 g/mol. The van der Waals surface area contributed by atoms with Gasteiger partial charge in [-0.05, 0) is 38.1 Å². The molecule has 1 saturated heterocycles. The molecular formula is C18H20INO3. The highest BCUT2D eigenvalue weighted by atomic mass is 127. The van der Waals surface area contributed by atoms with Crippen LogP contribution in [0.15, 0.2) is 12.1 Å². The number of carbonyl (C=O) groups excluding carboxylic acids is 1. The van der Waals surface area contributed by atoms with Crippen LogP contribution in [-0.2, 0) is 16.6 Å². The van der Waals surface area contributed by atoms with Gasteiger partial charge in [-0.2, -0.15) is 0 Å². The van der Waals surface area contributed by atoms with E-state index in [1.807, 2.05) is 6.07 Å². The van der Waals surface area contributed by atoms with Gasteiger partial charge in [0.25, 0.3) is 0 Å². The molecular weight excluding hydrogens is 405 g/mol. The summed E-state index contributed by atoms with van der Waals surface area (Å²) in [4.78, 5) is 15.3. The summed E-state index contributed by atoms with van der Waals surface area (Å²) in [7, 11) is 3.92. The number of rotatable bonds is 1. The van der Waals surface area contributed by atoms with Crippen molar-refractivity contribution in [3.8, 4) is 11.5 Å². The van der Waals surface area contributed by atoms with E-state index >= 15 is 0 Å². The zero-order valence-electron chi connectivity index (χ0n) is 13.3. The van der Waals surface area contributed by atoms with Crippen molar-refractivity contribution >= 4 is 28.4 Å². The zero-order valence-corrected chi connectivity index (χ0v) is 15.5. The number of ketones is 1. The molecule has 1 aromatic carbocycles. The Morgan fingerprint density at radius 3 is 3.00 bits per heavy atom. The SMILES string of the molecule is COc1ccc2c3c1O[C@H]1C(=O)CC(I)[C@H]4[C@@H](C2)N(C)CC[C@]314. The predicted molar refractivity (Wildman–Crippen MR) is 94.7 cm³/mol. The second kappa shape index (κ2) is 4.63. The largest absolute Gasteiger partial charge is 0.493 e. The first-order chi connectivity index (χ1) is 11.1. The fourth-order valence-corrected chi connectivity index (χ4v) is 7.23. The summed E-state index contributed by atoms with van der Waals surface area (Å²) >= 11 is 2.51. The van der Waals surface area contributed by atoms with Crippen LogP contribution in [0.5, 0.6) is 11.5 Å². The minimum absolute atomic E-state index is 0.129. The molecule has 2 aliphatic heterocycles. The van der Waals surface area contributed by atoms with Crippen LogP contribution in [0.25, 0.3) is 0 Å². The zero-order chi connectivity index (χ0) is 15.9. The smallest absolute Gasteiger partial charge is 0.175 e. The van der Waals surface area contributed by atoms with Crippen molar-refractivity contribution in [3.05, 3.63) is 23.3 Å². The number of alkyl halides is 1. The highest BCUT2D eigenvalue weighted by molar-refractivity contribution is 14.1. The Morgan fingerprint density at radius 2 is 2.22 bits per heavy atom. The van der Waals surface area contributed by atoms with Crippen molar-refractivity contribution in [1.29, 1.82) is 0 Å². The second-order valence-electron chi connectivity index (χ2n) is 7.38. The summed E-state index contributed by atoms with van der Waals surface area (Å²) in [5.74, 6) is 2.39. The van der Waals surface area contributed by atoms with Crippen molar-refractivity contribution in [2.45, 2.75) is 40.7 Å². The van der Waals surface area contributed by atoms with Crippen LogP contribution in [0.1, 0.15) is 24.0 Å². The van der Waals surface area contributed by atoms with Gasteiger partial charge in [-0.1, -0.05) is 28.7 Å². The minimum Gasteiger partial charge on any atom is -0.493 e. The van der Waals surface area contributed by atoms with Gasteiger partial charge >= 0.3 is 0 Å². The van der Waals surface area contributed by atoms with E-state index in [1.165, 1.54) is 11.1 Å². The Labute approximate surface area is 149 Å². The molecule has 0 amide bonds. The fraction of sp³-hybridized carbons (Fsp3) is 0.611. The molecule has 1 aromatic rings. The quantitative estimate of drug-likeness (QED) is 0.512. The van der Waals surface area contributed by atoms with Crippen LogP contribution in [-0.4, -0.2) is 47.5 Å². The molecule has 2 bridgehead atoms. The lowest BCUT2D eigenvalue weighted by Crippen LogP contribution is -2.68. The minimum atomic E-state index is -0.305. The Balaban J connectivity index is 1.82. The molecule has 0 N–H and O–H groups in total. The Hall–Kier alpha value is -0.820. The van der Waals surface area contributed by atoms with E-state index in [0.29, 0.717) is 22.3 Å². The molecule has 5 rings (SSSR count). The van der Waals surface area contributed by atoms with Crippen LogP contribution in [0.2, 0.25) is 0 Å². The molecule has 23 heavy (non-hydrogen) atoms. The number of likely N-dealkylation sites (N-methyl/N-ethyl adjacent to an activating group) is 1. The average molecular weight is 425 g/mol.